The Hall–Kier alpha value is 0.310. The maximum atomic E-state index is 4.63. The van der Waals surface area contributed by atoms with Gasteiger partial charge in [0.25, 0.3) is 0 Å². The van der Waals surface area contributed by atoms with E-state index in [0.29, 0.717) is 5.41 Å². The number of thiol groups is 1. The molecule has 2 heteroatoms. The Morgan fingerprint density at radius 2 is 1.82 bits per heavy atom. The lowest BCUT2D eigenvalue weighted by Gasteiger charge is -2.43. The Morgan fingerprint density at radius 1 is 1.12 bits per heavy atom. The molecule has 2 fully saturated rings. The summed E-state index contributed by atoms with van der Waals surface area (Å²) in [6.07, 6.45) is 9.90. The maximum absolute atomic E-state index is 4.63. The van der Waals surface area contributed by atoms with Crippen molar-refractivity contribution >= 4 is 12.6 Å². The zero-order chi connectivity index (χ0) is 12.3. The van der Waals surface area contributed by atoms with Gasteiger partial charge in [-0.15, -0.1) is 0 Å². The smallest absolute Gasteiger partial charge is 0.0124 e. The molecule has 0 radical (unpaired) electrons. The van der Waals surface area contributed by atoms with E-state index in [1.165, 1.54) is 58.0 Å². The molecular weight excluding hydrogens is 226 g/mol. The highest BCUT2D eigenvalue weighted by atomic mass is 32.1. The minimum Gasteiger partial charge on any atom is -0.300 e. The average Bonchev–Trinajstić information content (AvgIpc) is 2.85. The monoisotopic (exact) mass is 255 g/mol. The Kier molecular flexibility index (Phi) is 4.82. The third kappa shape index (κ3) is 2.84. The molecule has 17 heavy (non-hydrogen) atoms. The first-order chi connectivity index (χ1) is 8.24. The van der Waals surface area contributed by atoms with E-state index >= 15 is 0 Å². The first kappa shape index (κ1) is 13.7. The molecular formula is C15H29NS. The zero-order valence-corrected chi connectivity index (χ0v) is 12.5. The van der Waals surface area contributed by atoms with Crippen LogP contribution < -0.4 is 0 Å². The highest BCUT2D eigenvalue weighted by Crippen LogP contribution is 2.39. The fourth-order valence-electron chi connectivity index (χ4n) is 3.93. The van der Waals surface area contributed by atoms with Crippen LogP contribution in [0.1, 0.15) is 58.8 Å². The number of fused-ring (bicyclic) bond motifs is 1. The van der Waals surface area contributed by atoms with Gasteiger partial charge in [0.1, 0.15) is 0 Å². The van der Waals surface area contributed by atoms with Crippen molar-refractivity contribution in [3.8, 4) is 0 Å². The lowest BCUT2D eigenvalue weighted by molar-refractivity contribution is 0.0636. The molecule has 0 spiro atoms. The van der Waals surface area contributed by atoms with Crippen LogP contribution in [0.5, 0.6) is 0 Å². The maximum Gasteiger partial charge on any atom is 0.0124 e. The van der Waals surface area contributed by atoms with Gasteiger partial charge < -0.3 is 0 Å². The van der Waals surface area contributed by atoms with Gasteiger partial charge in [0.15, 0.2) is 0 Å². The molecule has 1 saturated carbocycles. The van der Waals surface area contributed by atoms with Gasteiger partial charge in [-0.25, -0.2) is 0 Å². The summed E-state index contributed by atoms with van der Waals surface area (Å²) >= 11 is 4.63. The quantitative estimate of drug-likeness (QED) is 0.727. The summed E-state index contributed by atoms with van der Waals surface area (Å²) in [4.78, 5) is 2.82. The predicted molar refractivity (Wildman–Crippen MR) is 78.8 cm³/mol. The van der Waals surface area contributed by atoms with Crippen molar-refractivity contribution in [2.45, 2.75) is 64.8 Å². The molecule has 1 nitrogen and oxygen atoms in total. The van der Waals surface area contributed by atoms with E-state index in [-0.39, 0.29) is 0 Å². The molecule has 2 aliphatic rings. The molecule has 0 aromatic rings. The lowest BCUT2D eigenvalue weighted by atomic mass is 9.81. The number of piperidine rings is 1. The van der Waals surface area contributed by atoms with Gasteiger partial charge in [0, 0.05) is 12.6 Å². The summed E-state index contributed by atoms with van der Waals surface area (Å²) in [5, 5.41) is 0. The highest BCUT2D eigenvalue weighted by molar-refractivity contribution is 7.80. The van der Waals surface area contributed by atoms with E-state index in [4.69, 9.17) is 0 Å². The van der Waals surface area contributed by atoms with Gasteiger partial charge in [-0.2, -0.15) is 12.6 Å². The van der Waals surface area contributed by atoms with E-state index in [1.807, 2.05) is 0 Å². The van der Waals surface area contributed by atoms with Crippen molar-refractivity contribution in [1.29, 1.82) is 0 Å². The first-order valence-electron chi connectivity index (χ1n) is 7.59. The molecule has 2 rings (SSSR count). The van der Waals surface area contributed by atoms with E-state index in [0.717, 1.165) is 17.7 Å². The topological polar surface area (TPSA) is 3.24 Å². The Morgan fingerprint density at radius 3 is 2.47 bits per heavy atom. The summed E-state index contributed by atoms with van der Waals surface area (Å²) in [5.41, 5.74) is 0.466. The van der Waals surface area contributed by atoms with Crippen molar-refractivity contribution in [2.75, 3.05) is 18.8 Å². The number of hydrogen-bond acceptors (Lipinski definition) is 2. The third-order valence-electron chi connectivity index (χ3n) is 5.48. The Bertz CT molecular complexity index is 229. The molecule has 2 atom stereocenters. The van der Waals surface area contributed by atoms with Crippen LogP contribution in [-0.4, -0.2) is 29.8 Å². The third-order valence-corrected chi connectivity index (χ3v) is 6.15. The normalized spacial score (nSPS) is 30.5. The second kappa shape index (κ2) is 5.97. The van der Waals surface area contributed by atoms with E-state index < -0.39 is 0 Å². The van der Waals surface area contributed by atoms with Gasteiger partial charge in [0.2, 0.25) is 0 Å². The fourth-order valence-corrected chi connectivity index (χ4v) is 4.48. The van der Waals surface area contributed by atoms with Crippen LogP contribution in [0.25, 0.3) is 0 Å². The van der Waals surface area contributed by atoms with Gasteiger partial charge in [-0.1, -0.05) is 20.3 Å². The molecule has 2 unspecified atom stereocenters. The van der Waals surface area contributed by atoms with Gasteiger partial charge in [0.05, 0.1) is 0 Å². The second-order valence-electron chi connectivity index (χ2n) is 6.24. The number of hydrogen-bond donors (Lipinski definition) is 1. The van der Waals surface area contributed by atoms with E-state index in [1.54, 1.807) is 0 Å². The van der Waals surface area contributed by atoms with E-state index in [2.05, 4.69) is 31.4 Å². The second-order valence-corrected chi connectivity index (χ2v) is 6.55. The molecule has 1 aliphatic carbocycles. The van der Waals surface area contributed by atoms with Crippen LogP contribution in [0.15, 0.2) is 0 Å². The van der Waals surface area contributed by atoms with Crippen molar-refractivity contribution < 1.29 is 0 Å². The SMILES string of the molecule is CCC(CC)(CS)CN1CCCC2CCCC21. The van der Waals surface area contributed by atoms with Gasteiger partial charge >= 0.3 is 0 Å². The molecule has 1 saturated heterocycles. The minimum atomic E-state index is 0.466. The number of nitrogens with zero attached hydrogens (tertiary/aromatic N) is 1. The van der Waals surface area contributed by atoms with Gasteiger partial charge in [-0.3, -0.25) is 4.90 Å². The summed E-state index contributed by atoms with van der Waals surface area (Å²) in [7, 11) is 0. The molecule has 0 N–H and O–H groups in total. The molecule has 1 heterocycles. The van der Waals surface area contributed by atoms with Crippen LogP contribution in [0.4, 0.5) is 0 Å². The standard InChI is InChI=1S/C15H29NS/c1-3-15(4-2,12-17)11-16-10-6-8-13-7-5-9-14(13)16/h13-14,17H,3-12H2,1-2H3. The average molecular weight is 255 g/mol. The summed E-state index contributed by atoms with van der Waals surface area (Å²) in [5.74, 6) is 2.07. The largest absolute Gasteiger partial charge is 0.300 e. The Labute approximate surface area is 113 Å². The number of rotatable bonds is 5. The molecule has 0 aromatic heterocycles. The first-order valence-corrected chi connectivity index (χ1v) is 8.23. The number of likely N-dealkylation sites (tertiary alicyclic amines) is 1. The predicted octanol–water partition coefficient (Wildman–Crippen LogP) is 3.99. The highest BCUT2D eigenvalue weighted by Gasteiger charge is 2.38. The summed E-state index contributed by atoms with van der Waals surface area (Å²) in [6.45, 7) is 7.33. The van der Waals surface area contributed by atoms with Crippen molar-refractivity contribution in [2.24, 2.45) is 11.3 Å². The zero-order valence-electron chi connectivity index (χ0n) is 11.6. The van der Waals surface area contributed by atoms with Crippen molar-refractivity contribution in [1.82, 2.24) is 4.90 Å². The molecule has 0 aromatic carbocycles. The fraction of sp³-hybridized carbons (Fsp3) is 1.00. The van der Waals surface area contributed by atoms with Crippen LogP contribution >= 0.6 is 12.6 Å². The van der Waals surface area contributed by atoms with Crippen molar-refractivity contribution in [3.63, 3.8) is 0 Å². The Balaban J connectivity index is 2.01. The minimum absolute atomic E-state index is 0.466. The lowest BCUT2D eigenvalue weighted by Crippen LogP contribution is -2.48. The van der Waals surface area contributed by atoms with Crippen LogP contribution in [-0.2, 0) is 0 Å². The molecule has 100 valence electrons. The van der Waals surface area contributed by atoms with E-state index in [9.17, 15) is 0 Å². The van der Waals surface area contributed by atoms with Crippen LogP contribution in [0, 0.1) is 11.3 Å². The van der Waals surface area contributed by atoms with Crippen LogP contribution in [0.3, 0.4) is 0 Å². The van der Waals surface area contributed by atoms with Gasteiger partial charge in [-0.05, 0) is 62.2 Å². The summed E-state index contributed by atoms with van der Waals surface area (Å²) in [6, 6.07) is 0.918. The molecule has 0 bridgehead atoms. The summed E-state index contributed by atoms with van der Waals surface area (Å²) < 4.78 is 0. The van der Waals surface area contributed by atoms with Crippen LogP contribution in [0.2, 0.25) is 0 Å². The molecule has 1 aliphatic heterocycles. The molecule has 0 amide bonds. The van der Waals surface area contributed by atoms with Crippen molar-refractivity contribution in [3.05, 3.63) is 0 Å².